The average Bonchev–Trinajstić information content (AvgIpc) is 2.81. The number of hydrogen-bond donors (Lipinski definition) is 3. The molecule has 3 amide bonds. The molecule has 7 nitrogen and oxygen atoms in total. The van der Waals surface area contributed by atoms with Gasteiger partial charge in [-0.05, 0) is 49.4 Å². The van der Waals surface area contributed by atoms with Crippen molar-refractivity contribution in [1.29, 1.82) is 0 Å². The Hall–Kier alpha value is -2.87. The van der Waals surface area contributed by atoms with Crippen molar-refractivity contribution in [3.63, 3.8) is 0 Å². The highest BCUT2D eigenvalue weighted by Crippen LogP contribution is 2.37. The summed E-state index contributed by atoms with van der Waals surface area (Å²) in [6, 6.07) is 6.28. The van der Waals surface area contributed by atoms with E-state index in [-0.39, 0.29) is 6.61 Å². The van der Waals surface area contributed by atoms with Crippen LogP contribution in [0.2, 0.25) is 0 Å². The summed E-state index contributed by atoms with van der Waals surface area (Å²) in [6.07, 6.45) is 4.90. The van der Waals surface area contributed by atoms with Crippen LogP contribution in [0.1, 0.15) is 50.4 Å². The first-order chi connectivity index (χ1) is 13.0. The van der Waals surface area contributed by atoms with Gasteiger partial charge in [-0.25, -0.2) is 0 Å². The highest BCUT2D eigenvalue weighted by Gasteiger charge is 2.24. The lowest BCUT2D eigenvalue weighted by molar-refractivity contribution is -0.118. The molecule has 0 bridgehead atoms. The van der Waals surface area contributed by atoms with Gasteiger partial charge in [0.15, 0.2) is 6.61 Å². The van der Waals surface area contributed by atoms with Crippen molar-refractivity contribution in [3.8, 4) is 5.75 Å². The molecular weight excluding hydrogens is 366 g/mol. The quantitative estimate of drug-likeness (QED) is 0.657. The Morgan fingerprint density at radius 2 is 1.85 bits per heavy atom. The molecule has 0 spiro atoms. The van der Waals surface area contributed by atoms with Crippen LogP contribution in [0.15, 0.2) is 24.3 Å². The van der Waals surface area contributed by atoms with E-state index in [1.165, 1.54) is 17.4 Å². The van der Waals surface area contributed by atoms with Gasteiger partial charge >= 0.3 is 0 Å². The number of anilines is 1. The predicted octanol–water partition coefficient (Wildman–Crippen LogP) is 2.23. The van der Waals surface area contributed by atoms with Crippen LogP contribution >= 0.6 is 11.3 Å². The van der Waals surface area contributed by atoms with E-state index in [1.807, 2.05) is 0 Å². The van der Waals surface area contributed by atoms with Crippen LogP contribution in [-0.4, -0.2) is 24.3 Å². The lowest BCUT2D eigenvalue weighted by atomic mass is 10.1. The molecule has 2 aromatic rings. The maximum atomic E-state index is 12.3. The van der Waals surface area contributed by atoms with Crippen LogP contribution in [0, 0.1) is 0 Å². The largest absolute Gasteiger partial charge is 0.484 e. The fraction of sp³-hybridized carbons (Fsp3) is 0.316. The van der Waals surface area contributed by atoms with Gasteiger partial charge in [-0.3, -0.25) is 14.4 Å². The molecule has 0 fully saturated rings. The molecule has 1 aromatic carbocycles. The smallest absolute Gasteiger partial charge is 0.262 e. The second-order valence-corrected chi connectivity index (χ2v) is 7.47. The Bertz CT molecular complexity index is 891. The van der Waals surface area contributed by atoms with Crippen molar-refractivity contribution in [2.24, 2.45) is 11.5 Å². The maximum Gasteiger partial charge on any atom is 0.262 e. The third-order valence-corrected chi connectivity index (χ3v) is 5.62. The van der Waals surface area contributed by atoms with Crippen molar-refractivity contribution < 1.29 is 19.1 Å². The Balaban J connectivity index is 1.70. The summed E-state index contributed by atoms with van der Waals surface area (Å²) in [6.45, 7) is -0.261. The van der Waals surface area contributed by atoms with Crippen LogP contribution < -0.4 is 21.5 Å². The summed E-state index contributed by atoms with van der Waals surface area (Å²) in [5.74, 6) is -1.15. The molecule has 27 heavy (non-hydrogen) atoms. The minimum absolute atomic E-state index is 0.261. The number of amides is 3. The molecule has 1 aromatic heterocycles. The Morgan fingerprint density at radius 1 is 1.07 bits per heavy atom. The summed E-state index contributed by atoms with van der Waals surface area (Å²) in [5.41, 5.74) is 12.5. The SMILES string of the molecule is NC(=O)c1cccc(OCC(=O)Nc2sc3c(c2C(N)=O)CCCCC3)c1. The second-order valence-electron chi connectivity index (χ2n) is 6.36. The van der Waals surface area contributed by atoms with Crippen molar-refractivity contribution >= 4 is 34.1 Å². The van der Waals surface area contributed by atoms with Crippen LogP contribution in [0.3, 0.4) is 0 Å². The Labute approximate surface area is 160 Å². The Morgan fingerprint density at radius 3 is 2.59 bits per heavy atom. The second kappa shape index (κ2) is 8.22. The molecular formula is C19H21N3O4S. The van der Waals surface area contributed by atoms with Crippen molar-refractivity contribution in [1.82, 2.24) is 0 Å². The number of thiophene rings is 1. The van der Waals surface area contributed by atoms with Crippen LogP contribution in [0.5, 0.6) is 5.75 Å². The molecule has 3 rings (SSSR count). The van der Waals surface area contributed by atoms with Gasteiger partial charge in [0.2, 0.25) is 5.91 Å². The average molecular weight is 387 g/mol. The molecule has 1 heterocycles. The fourth-order valence-electron chi connectivity index (χ4n) is 3.14. The molecule has 1 aliphatic carbocycles. The van der Waals surface area contributed by atoms with Crippen molar-refractivity contribution in [2.75, 3.05) is 11.9 Å². The van der Waals surface area contributed by atoms with Gasteiger partial charge in [-0.15, -0.1) is 11.3 Å². The number of carbonyl (C=O) groups excluding carboxylic acids is 3. The van der Waals surface area contributed by atoms with Gasteiger partial charge in [0.25, 0.3) is 11.8 Å². The van der Waals surface area contributed by atoms with Crippen molar-refractivity contribution in [2.45, 2.75) is 32.1 Å². The van der Waals surface area contributed by atoms with E-state index in [2.05, 4.69) is 5.32 Å². The first kappa shape index (κ1) is 18.9. The maximum absolute atomic E-state index is 12.3. The standard InChI is InChI=1S/C19H21N3O4S/c20-17(24)11-5-4-6-12(9-11)26-10-15(23)22-19-16(18(21)25)13-7-2-1-3-8-14(13)27-19/h4-6,9H,1-3,7-8,10H2,(H2,20,24)(H2,21,25)(H,22,23). The summed E-state index contributed by atoms with van der Waals surface area (Å²) in [4.78, 5) is 36.5. The summed E-state index contributed by atoms with van der Waals surface area (Å²) in [5, 5.41) is 3.22. The van der Waals surface area contributed by atoms with E-state index in [4.69, 9.17) is 16.2 Å². The van der Waals surface area contributed by atoms with Gasteiger partial charge < -0.3 is 21.5 Å². The molecule has 0 aliphatic heterocycles. The zero-order valence-electron chi connectivity index (χ0n) is 14.7. The normalized spacial score (nSPS) is 13.3. The molecule has 0 radical (unpaired) electrons. The van der Waals surface area contributed by atoms with Crippen LogP contribution in [0.4, 0.5) is 5.00 Å². The summed E-state index contributed by atoms with van der Waals surface area (Å²) < 4.78 is 5.42. The molecule has 0 saturated heterocycles. The molecule has 1 aliphatic rings. The van der Waals surface area contributed by atoms with E-state index in [0.29, 0.717) is 21.9 Å². The fourth-order valence-corrected chi connectivity index (χ4v) is 4.45. The first-order valence-corrected chi connectivity index (χ1v) is 9.54. The number of rotatable bonds is 6. The minimum Gasteiger partial charge on any atom is -0.484 e. The number of benzene rings is 1. The third-order valence-electron chi connectivity index (χ3n) is 4.41. The minimum atomic E-state index is -0.573. The number of fused-ring (bicyclic) bond motifs is 1. The number of nitrogens with two attached hydrogens (primary N) is 2. The lowest BCUT2D eigenvalue weighted by Gasteiger charge is -2.08. The predicted molar refractivity (Wildman–Crippen MR) is 103 cm³/mol. The molecule has 0 atom stereocenters. The molecule has 8 heteroatoms. The van der Waals surface area contributed by atoms with E-state index in [9.17, 15) is 14.4 Å². The third kappa shape index (κ3) is 4.46. The zero-order chi connectivity index (χ0) is 19.4. The zero-order valence-corrected chi connectivity index (χ0v) is 15.6. The Kier molecular flexibility index (Phi) is 5.75. The van der Waals surface area contributed by atoms with Crippen LogP contribution in [0.25, 0.3) is 0 Å². The number of carbonyl (C=O) groups is 3. The first-order valence-electron chi connectivity index (χ1n) is 8.72. The highest BCUT2D eigenvalue weighted by molar-refractivity contribution is 7.17. The topological polar surface area (TPSA) is 125 Å². The summed E-state index contributed by atoms with van der Waals surface area (Å²) >= 11 is 1.41. The monoisotopic (exact) mass is 387 g/mol. The van der Waals surface area contributed by atoms with Gasteiger partial charge in [0, 0.05) is 10.4 Å². The molecule has 0 saturated carbocycles. The van der Waals surface area contributed by atoms with E-state index in [1.54, 1.807) is 18.2 Å². The van der Waals surface area contributed by atoms with Gasteiger partial charge in [-0.2, -0.15) is 0 Å². The van der Waals surface area contributed by atoms with Gasteiger partial charge in [0.05, 0.1) is 5.56 Å². The van der Waals surface area contributed by atoms with Gasteiger partial charge in [-0.1, -0.05) is 12.5 Å². The number of aryl methyl sites for hydroxylation is 1. The number of nitrogens with one attached hydrogen (secondary N) is 1. The number of ether oxygens (including phenoxy) is 1. The van der Waals surface area contributed by atoms with E-state index >= 15 is 0 Å². The van der Waals surface area contributed by atoms with Crippen molar-refractivity contribution in [3.05, 3.63) is 45.8 Å². The number of hydrogen-bond acceptors (Lipinski definition) is 5. The number of primary amides is 2. The highest BCUT2D eigenvalue weighted by atomic mass is 32.1. The summed E-state index contributed by atoms with van der Waals surface area (Å²) in [7, 11) is 0. The van der Waals surface area contributed by atoms with Crippen LogP contribution in [-0.2, 0) is 17.6 Å². The van der Waals surface area contributed by atoms with Gasteiger partial charge in [0.1, 0.15) is 10.8 Å². The lowest BCUT2D eigenvalue weighted by Crippen LogP contribution is -2.22. The molecule has 142 valence electrons. The molecule has 5 N–H and O–H groups in total. The molecule has 0 unspecified atom stereocenters. The van der Waals surface area contributed by atoms with E-state index in [0.717, 1.165) is 42.5 Å². The van der Waals surface area contributed by atoms with E-state index < -0.39 is 17.7 Å².